The molecule has 0 aliphatic carbocycles. The Kier molecular flexibility index (Phi) is 5.86. The molecule has 2 aromatic carbocycles. The number of rotatable bonds is 4. The minimum atomic E-state index is -0.664. The number of anilines is 1. The molecule has 0 radical (unpaired) electrons. The molecule has 2 heterocycles. The van der Waals surface area contributed by atoms with Crippen LogP contribution in [0, 0.1) is 0 Å². The van der Waals surface area contributed by atoms with E-state index >= 15 is 0 Å². The zero-order valence-electron chi connectivity index (χ0n) is 16.7. The molecule has 30 heavy (non-hydrogen) atoms. The lowest BCUT2D eigenvalue weighted by atomic mass is 10.1. The molecule has 1 saturated heterocycles. The van der Waals surface area contributed by atoms with Crippen molar-refractivity contribution in [3.8, 4) is 11.3 Å². The quantitative estimate of drug-likeness (QED) is 0.646. The lowest BCUT2D eigenvalue weighted by molar-refractivity contribution is -0.135. The van der Waals surface area contributed by atoms with Crippen molar-refractivity contribution < 1.29 is 4.79 Å². The molecule has 0 spiro atoms. The molecule has 6 nitrogen and oxygen atoms in total. The number of benzene rings is 2. The molecule has 1 fully saturated rings. The molecule has 1 aromatic heterocycles. The second-order valence-corrected chi connectivity index (χ2v) is 7.77. The van der Waals surface area contributed by atoms with E-state index in [0.717, 1.165) is 24.3 Å². The van der Waals surface area contributed by atoms with E-state index in [1.807, 2.05) is 54.6 Å². The maximum atomic E-state index is 13.1. The molecule has 1 aliphatic rings. The van der Waals surface area contributed by atoms with Crippen LogP contribution in [0.4, 0.5) is 5.69 Å². The van der Waals surface area contributed by atoms with Gasteiger partial charge in [0.1, 0.15) is 6.04 Å². The summed E-state index contributed by atoms with van der Waals surface area (Å²) in [4.78, 5) is 29.5. The largest absolute Gasteiger partial charge is 0.368 e. The highest BCUT2D eigenvalue weighted by Crippen LogP contribution is 2.21. The Hall–Kier alpha value is -3.12. The van der Waals surface area contributed by atoms with Crippen LogP contribution in [-0.2, 0) is 4.79 Å². The zero-order chi connectivity index (χ0) is 21.1. The number of hydrogen-bond donors (Lipinski definition) is 0. The minimum absolute atomic E-state index is 0.0921. The summed E-state index contributed by atoms with van der Waals surface area (Å²) in [6.07, 6.45) is 0. The first-order valence-electron chi connectivity index (χ1n) is 9.97. The van der Waals surface area contributed by atoms with E-state index in [-0.39, 0.29) is 11.5 Å². The SMILES string of the molecule is CC(C(=O)N1CCN(c2ccc(Cl)cc2)CC1)n1nc(-c2ccccc2)ccc1=O. The van der Waals surface area contributed by atoms with Gasteiger partial charge >= 0.3 is 0 Å². The van der Waals surface area contributed by atoms with Gasteiger partial charge in [0.25, 0.3) is 5.56 Å². The van der Waals surface area contributed by atoms with Gasteiger partial charge in [-0.1, -0.05) is 41.9 Å². The van der Waals surface area contributed by atoms with Crippen molar-refractivity contribution >= 4 is 23.2 Å². The summed E-state index contributed by atoms with van der Waals surface area (Å²) in [5.74, 6) is -0.0921. The summed E-state index contributed by atoms with van der Waals surface area (Å²) in [5.41, 5.74) is 2.38. The zero-order valence-corrected chi connectivity index (χ0v) is 17.5. The van der Waals surface area contributed by atoms with Gasteiger partial charge in [-0.25, -0.2) is 4.68 Å². The molecule has 154 valence electrons. The second-order valence-electron chi connectivity index (χ2n) is 7.33. The fraction of sp³-hybridized carbons (Fsp3) is 0.261. The number of aromatic nitrogens is 2. The van der Waals surface area contributed by atoms with Crippen LogP contribution in [0.5, 0.6) is 0 Å². The van der Waals surface area contributed by atoms with Crippen LogP contribution in [0.15, 0.2) is 71.5 Å². The fourth-order valence-electron chi connectivity index (χ4n) is 3.67. The molecular weight excluding hydrogens is 400 g/mol. The van der Waals surface area contributed by atoms with Gasteiger partial charge in [0.15, 0.2) is 0 Å². The summed E-state index contributed by atoms with van der Waals surface area (Å²) in [6.45, 7) is 4.38. The van der Waals surface area contributed by atoms with Gasteiger partial charge < -0.3 is 9.80 Å². The van der Waals surface area contributed by atoms with Crippen molar-refractivity contribution in [3.05, 3.63) is 82.1 Å². The third-order valence-electron chi connectivity index (χ3n) is 5.40. The summed E-state index contributed by atoms with van der Waals surface area (Å²) in [6, 6.07) is 19.8. The molecule has 1 unspecified atom stereocenters. The smallest absolute Gasteiger partial charge is 0.267 e. The normalized spacial score (nSPS) is 15.1. The minimum Gasteiger partial charge on any atom is -0.368 e. The van der Waals surface area contributed by atoms with Crippen molar-refractivity contribution in [3.63, 3.8) is 0 Å². The standard InChI is InChI=1S/C23H23ClN4O2/c1-17(28-22(29)12-11-21(25-28)18-5-3-2-4-6-18)23(30)27-15-13-26(14-16-27)20-9-7-19(24)8-10-20/h2-12,17H,13-16H2,1H3. The van der Waals surface area contributed by atoms with Crippen LogP contribution in [0.2, 0.25) is 5.02 Å². The molecule has 1 atom stereocenters. The van der Waals surface area contributed by atoms with Gasteiger partial charge in [0.05, 0.1) is 5.69 Å². The first-order valence-corrected chi connectivity index (χ1v) is 10.4. The van der Waals surface area contributed by atoms with Gasteiger partial charge in [0.2, 0.25) is 5.91 Å². The van der Waals surface area contributed by atoms with Gasteiger partial charge in [-0.05, 0) is 37.3 Å². The monoisotopic (exact) mass is 422 g/mol. The highest BCUT2D eigenvalue weighted by Gasteiger charge is 2.27. The Morgan fingerprint density at radius 3 is 2.27 bits per heavy atom. The average molecular weight is 423 g/mol. The van der Waals surface area contributed by atoms with Gasteiger partial charge in [-0.2, -0.15) is 5.10 Å². The van der Waals surface area contributed by atoms with Crippen LogP contribution in [0.25, 0.3) is 11.3 Å². The maximum Gasteiger partial charge on any atom is 0.267 e. The Bertz CT molecular complexity index is 1070. The van der Waals surface area contributed by atoms with Crippen molar-refractivity contribution in [2.75, 3.05) is 31.1 Å². The fourth-order valence-corrected chi connectivity index (χ4v) is 3.80. The third kappa shape index (κ3) is 4.24. The van der Waals surface area contributed by atoms with Gasteiger partial charge in [-0.15, -0.1) is 0 Å². The van der Waals surface area contributed by atoms with E-state index in [9.17, 15) is 9.59 Å². The van der Waals surface area contributed by atoms with E-state index < -0.39 is 6.04 Å². The molecule has 0 bridgehead atoms. The number of carbonyl (C=O) groups is 1. The Balaban J connectivity index is 1.46. The number of amides is 1. The predicted molar refractivity (Wildman–Crippen MR) is 119 cm³/mol. The Morgan fingerprint density at radius 2 is 1.60 bits per heavy atom. The molecular formula is C23H23ClN4O2. The van der Waals surface area contributed by atoms with Crippen molar-refractivity contribution in [2.24, 2.45) is 0 Å². The van der Waals surface area contributed by atoms with E-state index in [4.69, 9.17) is 11.6 Å². The number of halogens is 1. The van der Waals surface area contributed by atoms with Gasteiger partial charge in [-0.3, -0.25) is 9.59 Å². The van der Waals surface area contributed by atoms with Crippen LogP contribution in [-0.4, -0.2) is 46.8 Å². The van der Waals surface area contributed by atoms with E-state index in [2.05, 4.69) is 10.00 Å². The average Bonchev–Trinajstić information content (AvgIpc) is 2.80. The molecule has 4 rings (SSSR count). The highest BCUT2D eigenvalue weighted by atomic mass is 35.5. The summed E-state index contributed by atoms with van der Waals surface area (Å²) < 4.78 is 1.29. The van der Waals surface area contributed by atoms with Crippen molar-refractivity contribution in [1.82, 2.24) is 14.7 Å². The molecule has 1 amide bonds. The molecule has 0 saturated carbocycles. The first kappa shape index (κ1) is 20.2. The summed E-state index contributed by atoms with van der Waals surface area (Å²) in [5, 5.41) is 5.17. The van der Waals surface area contributed by atoms with E-state index in [1.54, 1.807) is 17.9 Å². The lowest BCUT2D eigenvalue weighted by Crippen LogP contribution is -2.51. The van der Waals surface area contributed by atoms with Crippen LogP contribution in [0.1, 0.15) is 13.0 Å². The Morgan fingerprint density at radius 1 is 0.933 bits per heavy atom. The first-order chi connectivity index (χ1) is 14.5. The molecule has 3 aromatic rings. The molecule has 1 aliphatic heterocycles. The summed E-state index contributed by atoms with van der Waals surface area (Å²) in [7, 11) is 0. The van der Waals surface area contributed by atoms with Crippen LogP contribution in [0.3, 0.4) is 0 Å². The molecule has 7 heteroatoms. The van der Waals surface area contributed by atoms with E-state index in [0.29, 0.717) is 23.8 Å². The highest BCUT2D eigenvalue weighted by molar-refractivity contribution is 6.30. The molecule has 0 N–H and O–H groups in total. The number of hydrogen-bond acceptors (Lipinski definition) is 4. The third-order valence-corrected chi connectivity index (χ3v) is 5.65. The Labute approximate surface area is 180 Å². The lowest BCUT2D eigenvalue weighted by Gasteiger charge is -2.37. The number of piperazine rings is 1. The van der Waals surface area contributed by atoms with Gasteiger partial charge in [0, 0.05) is 48.5 Å². The topological polar surface area (TPSA) is 58.4 Å². The van der Waals surface area contributed by atoms with E-state index in [1.165, 1.54) is 10.7 Å². The van der Waals surface area contributed by atoms with Crippen LogP contribution >= 0.6 is 11.6 Å². The van der Waals surface area contributed by atoms with Crippen molar-refractivity contribution in [1.29, 1.82) is 0 Å². The predicted octanol–water partition coefficient (Wildman–Crippen LogP) is 3.47. The number of carbonyl (C=O) groups excluding carboxylic acids is 1. The van der Waals surface area contributed by atoms with Crippen LogP contribution < -0.4 is 10.5 Å². The van der Waals surface area contributed by atoms with Crippen molar-refractivity contribution in [2.45, 2.75) is 13.0 Å². The maximum absolute atomic E-state index is 13.1. The number of nitrogens with zero attached hydrogens (tertiary/aromatic N) is 4. The summed E-state index contributed by atoms with van der Waals surface area (Å²) >= 11 is 5.97. The second kappa shape index (κ2) is 8.71.